The number of nitrogens with one attached hydrogen (secondary N) is 1. The van der Waals surface area contributed by atoms with E-state index in [0.29, 0.717) is 6.54 Å². The minimum absolute atomic E-state index is 0. The van der Waals surface area contributed by atoms with Crippen LogP contribution in [0.1, 0.15) is 19.6 Å². The first-order chi connectivity index (χ1) is 10.2. The van der Waals surface area contributed by atoms with Crippen molar-refractivity contribution in [2.75, 3.05) is 26.2 Å². The minimum Gasteiger partial charge on any atom is -0.460 e. The van der Waals surface area contributed by atoms with Crippen LogP contribution in [0.2, 0.25) is 0 Å². The maximum Gasteiger partial charge on any atom is 0.134 e. The fourth-order valence-corrected chi connectivity index (χ4v) is 2.23. The lowest BCUT2D eigenvalue weighted by Crippen LogP contribution is -2.31. The smallest absolute Gasteiger partial charge is 0.134 e. The van der Waals surface area contributed by atoms with Gasteiger partial charge in [0.05, 0.1) is 6.54 Å². The lowest BCUT2D eigenvalue weighted by molar-refractivity contribution is 0.300. The van der Waals surface area contributed by atoms with Crippen LogP contribution in [0.5, 0.6) is 0 Å². The Kier molecular flexibility index (Phi) is 8.17. The third-order valence-electron chi connectivity index (χ3n) is 3.59. The number of furan rings is 1. The first kappa shape index (κ1) is 18.7. The van der Waals surface area contributed by atoms with Crippen LogP contribution in [-0.2, 0) is 6.54 Å². The number of halogens is 2. The quantitative estimate of drug-likeness (QED) is 0.745. The monoisotopic (exact) mass is 326 g/mol. The molecule has 0 aliphatic heterocycles. The Balaban J connectivity index is 0.00000242. The van der Waals surface area contributed by atoms with Crippen molar-refractivity contribution < 1.29 is 8.81 Å². The summed E-state index contributed by atoms with van der Waals surface area (Å²) in [6.45, 7) is 9.19. The average molecular weight is 327 g/mol. The van der Waals surface area contributed by atoms with Crippen molar-refractivity contribution in [3.8, 4) is 11.3 Å². The summed E-state index contributed by atoms with van der Waals surface area (Å²) in [5, 5.41) is 3.38. The van der Waals surface area contributed by atoms with Crippen molar-refractivity contribution in [2.24, 2.45) is 0 Å². The van der Waals surface area contributed by atoms with Gasteiger partial charge in [0, 0.05) is 18.7 Å². The highest BCUT2D eigenvalue weighted by molar-refractivity contribution is 5.85. The zero-order valence-electron chi connectivity index (χ0n) is 13.1. The van der Waals surface area contributed by atoms with E-state index in [0.717, 1.165) is 43.3 Å². The van der Waals surface area contributed by atoms with E-state index in [1.165, 1.54) is 12.1 Å². The molecule has 1 heterocycles. The molecular weight excluding hydrogens is 303 g/mol. The van der Waals surface area contributed by atoms with E-state index in [-0.39, 0.29) is 18.2 Å². The maximum absolute atomic E-state index is 12.9. The molecule has 0 aliphatic carbocycles. The topological polar surface area (TPSA) is 28.4 Å². The molecule has 0 amide bonds. The highest BCUT2D eigenvalue weighted by Gasteiger charge is 2.05. The summed E-state index contributed by atoms with van der Waals surface area (Å²) >= 11 is 0. The molecule has 0 fully saturated rings. The number of rotatable bonds is 8. The van der Waals surface area contributed by atoms with Crippen molar-refractivity contribution in [2.45, 2.75) is 20.4 Å². The summed E-state index contributed by atoms with van der Waals surface area (Å²) in [6.07, 6.45) is 0. The zero-order chi connectivity index (χ0) is 15.1. The van der Waals surface area contributed by atoms with Crippen molar-refractivity contribution in [3.63, 3.8) is 0 Å². The molecule has 3 nitrogen and oxygen atoms in total. The van der Waals surface area contributed by atoms with Crippen LogP contribution in [-0.4, -0.2) is 31.1 Å². The van der Waals surface area contributed by atoms with Gasteiger partial charge in [0.2, 0.25) is 0 Å². The van der Waals surface area contributed by atoms with Crippen LogP contribution in [0.15, 0.2) is 40.8 Å². The Labute approximate surface area is 137 Å². The minimum atomic E-state index is -0.233. The van der Waals surface area contributed by atoms with Gasteiger partial charge in [0.25, 0.3) is 0 Å². The standard InChI is InChI=1S/C17H23FN2O.ClH/c1-3-20(4-2)12-11-19-13-16-9-10-17(21-16)14-5-7-15(18)8-6-14;/h5-10,19H,3-4,11-13H2,1-2H3;1H. The van der Waals surface area contributed by atoms with E-state index >= 15 is 0 Å². The summed E-state index contributed by atoms with van der Waals surface area (Å²) in [4.78, 5) is 2.37. The molecule has 1 N–H and O–H groups in total. The van der Waals surface area contributed by atoms with E-state index in [2.05, 4.69) is 24.1 Å². The molecule has 0 unspecified atom stereocenters. The number of hydrogen-bond acceptors (Lipinski definition) is 3. The van der Waals surface area contributed by atoms with Crippen LogP contribution in [0.25, 0.3) is 11.3 Å². The van der Waals surface area contributed by atoms with Gasteiger partial charge in [-0.05, 0) is 49.5 Å². The highest BCUT2D eigenvalue weighted by Crippen LogP contribution is 2.22. The number of nitrogens with zero attached hydrogens (tertiary/aromatic N) is 1. The molecular formula is C17H24ClFN2O. The van der Waals surface area contributed by atoms with Gasteiger partial charge < -0.3 is 14.6 Å². The van der Waals surface area contributed by atoms with E-state index in [1.807, 2.05) is 12.1 Å². The molecule has 22 heavy (non-hydrogen) atoms. The molecule has 0 spiro atoms. The first-order valence-corrected chi connectivity index (χ1v) is 7.50. The van der Waals surface area contributed by atoms with Gasteiger partial charge in [-0.15, -0.1) is 12.4 Å². The normalized spacial score (nSPS) is 10.7. The van der Waals surface area contributed by atoms with Crippen molar-refractivity contribution in [1.29, 1.82) is 0 Å². The molecule has 0 bridgehead atoms. The molecule has 0 aliphatic rings. The van der Waals surface area contributed by atoms with Gasteiger partial charge >= 0.3 is 0 Å². The molecule has 0 saturated carbocycles. The number of benzene rings is 1. The van der Waals surface area contributed by atoms with E-state index in [9.17, 15) is 4.39 Å². The van der Waals surface area contributed by atoms with E-state index in [4.69, 9.17) is 4.42 Å². The molecule has 1 aromatic carbocycles. The molecule has 5 heteroatoms. The van der Waals surface area contributed by atoms with Crippen molar-refractivity contribution >= 4 is 12.4 Å². The maximum atomic E-state index is 12.9. The summed E-state index contributed by atoms with van der Waals surface area (Å²) in [7, 11) is 0. The molecule has 2 rings (SSSR count). The van der Waals surface area contributed by atoms with Crippen molar-refractivity contribution in [1.82, 2.24) is 10.2 Å². The second kappa shape index (κ2) is 9.62. The molecule has 2 aromatic rings. The first-order valence-electron chi connectivity index (χ1n) is 7.50. The predicted octanol–water partition coefficient (Wildman–Crippen LogP) is 3.94. The van der Waals surface area contributed by atoms with Gasteiger partial charge in [-0.25, -0.2) is 4.39 Å². The van der Waals surface area contributed by atoms with Crippen LogP contribution in [0, 0.1) is 5.82 Å². The summed E-state index contributed by atoms with van der Waals surface area (Å²) < 4.78 is 18.7. The second-order valence-corrected chi connectivity index (χ2v) is 4.98. The third kappa shape index (κ3) is 5.44. The lowest BCUT2D eigenvalue weighted by Gasteiger charge is -2.17. The van der Waals surface area contributed by atoms with Gasteiger partial charge in [0.15, 0.2) is 0 Å². The second-order valence-electron chi connectivity index (χ2n) is 4.98. The summed E-state index contributed by atoms with van der Waals surface area (Å²) in [6, 6.07) is 10.2. The van der Waals surface area contributed by atoms with Gasteiger partial charge in [0.1, 0.15) is 17.3 Å². The molecule has 1 aromatic heterocycles. The van der Waals surface area contributed by atoms with E-state index < -0.39 is 0 Å². The SMILES string of the molecule is CCN(CC)CCNCc1ccc(-c2ccc(F)cc2)o1.Cl. The van der Waals surface area contributed by atoms with Crippen molar-refractivity contribution in [3.05, 3.63) is 48.0 Å². The Hall–Kier alpha value is -1.36. The third-order valence-corrected chi connectivity index (χ3v) is 3.59. The average Bonchev–Trinajstić information content (AvgIpc) is 2.97. The molecule has 0 saturated heterocycles. The lowest BCUT2D eigenvalue weighted by atomic mass is 10.2. The van der Waals surface area contributed by atoms with Crippen LogP contribution >= 0.6 is 12.4 Å². The Morgan fingerprint density at radius 2 is 1.73 bits per heavy atom. The molecule has 122 valence electrons. The Morgan fingerprint density at radius 3 is 2.36 bits per heavy atom. The number of likely N-dealkylation sites (N-methyl/N-ethyl adjacent to an activating group) is 1. The Bertz CT molecular complexity index is 538. The summed E-state index contributed by atoms with van der Waals surface area (Å²) in [5.74, 6) is 1.44. The number of hydrogen-bond donors (Lipinski definition) is 1. The fraction of sp³-hybridized carbons (Fsp3) is 0.412. The van der Waals surface area contributed by atoms with Gasteiger partial charge in [-0.3, -0.25) is 0 Å². The van der Waals surface area contributed by atoms with Crippen LogP contribution in [0.4, 0.5) is 4.39 Å². The molecule has 0 radical (unpaired) electrons. The van der Waals surface area contributed by atoms with Gasteiger partial charge in [-0.2, -0.15) is 0 Å². The highest BCUT2D eigenvalue weighted by atomic mass is 35.5. The van der Waals surface area contributed by atoms with Crippen LogP contribution in [0.3, 0.4) is 0 Å². The van der Waals surface area contributed by atoms with Crippen LogP contribution < -0.4 is 5.32 Å². The largest absolute Gasteiger partial charge is 0.460 e. The summed E-state index contributed by atoms with van der Waals surface area (Å²) in [5.41, 5.74) is 0.894. The van der Waals surface area contributed by atoms with Gasteiger partial charge in [-0.1, -0.05) is 13.8 Å². The fourth-order valence-electron chi connectivity index (χ4n) is 2.23. The van der Waals surface area contributed by atoms with E-state index in [1.54, 1.807) is 12.1 Å². The Morgan fingerprint density at radius 1 is 1.05 bits per heavy atom. The molecule has 0 atom stereocenters. The predicted molar refractivity (Wildman–Crippen MR) is 90.8 cm³/mol. The zero-order valence-corrected chi connectivity index (χ0v) is 14.0.